The summed E-state index contributed by atoms with van der Waals surface area (Å²) in [6, 6.07) is 1.81. The van der Waals surface area contributed by atoms with Gasteiger partial charge in [-0.15, -0.1) is 0 Å². The van der Waals surface area contributed by atoms with Gasteiger partial charge in [-0.2, -0.15) is 0 Å². The molecule has 0 saturated heterocycles. The zero-order valence-corrected chi connectivity index (χ0v) is 10.2. The number of pyridine rings is 1. The maximum atomic E-state index is 13.5. The normalized spacial score (nSPS) is 25.5. The molecule has 15 heavy (non-hydrogen) atoms. The Morgan fingerprint density at radius 1 is 1.53 bits per heavy atom. The molecule has 1 fully saturated rings. The number of hydrogen-bond donors (Lipinski definition) is 1. The molecule has 2 rings (SSSR count). The van der Waals surface area contributed by atoms with Gasteiger partial charge in [-0.1, -0.05) is 13.3 Å². The molecule has 1 saturated carbocycles. The molecular weight excluding hydrogens is 259 g/mol. The lowest BCUT2D eigenvalue weighted by molar-refractivity contribution is 0.546. The van der Waals surface area contributed by atoms with E-state index in [0.717, 1.165) is 6.42 Å². The zero-order chi connectivity index (χ0) is 10.8. The Morgan fingerprint density at radius 3 is 2.93 bits per heavy atom. The van der Waals surface area contributed by atoms with E-state index in [4.69, 9.17) is 0 Å². The second-order valence-corrected chi connectivity index (χ2v) is 5.06. The van der Waals surface area contributed by atoms with Crippen LogP contribution in [-0.2, 0) is 0 Å². The summed E-state index contributed by atoms with van der Waals surface area (Å²) in [5.41, 5.74) is 0. The number of hydrogen-bond acceptors (Lipinski definition) is 2. The van der Waals surface area contributed by atoms with E-state index in [1.54, 1.807) is 6.20 Å². The molecule has 1 aromatic heterocycles. The van der Waals surface area contributed by atoms with Crippen molar-refractivity contribution in [2.45, 2.75) is 32.2 Å². The van der Waals surface area contributed by atoms with Crippen LogP contribution in [0.5, 0.6) is 0 Å². The molecule has 82 valence electrons. The molecule has 1 N–H and O–H groups in total. The first kappa shape index (κ1) is 10.9. The minimum Gasteiger partial charge on any atom is -0.365 e. The highest BCUT2D eigenvalue weighted by Crippen LogP contribution is 2.28. The van der Waals surface area contributed by atoms with E-state index in [0.29, 0.717) is 22.3 Å². The Labute approximate surface area is 97.4 Å². The van der Waals surface area contributed by atoms with Gasteiger partial charge in [0, 0.05) is 16.7 Å². The van der Waals surface area contributed by atoms with E-state index < -0.39 is 0 Å². The van der Waals surface area contributed by atoms with Crippen LogP contribution in [0.2, 0.25) is 0 Å². The summed E-state index contributed by atoms with van der Waals surface area (Å²) in [6.07, 6.45) is 5.16. The Bertz CT molecular complexity index is 356. The third-order valence-corrected chi connectivity index (χ3v) is 3.43. The van der Waals surface area contributed by atoms with Gasteiger partial charge in [0.15, 0.2) is 11.6 Å². The lowest BCUT2D eigenvalue weighted by Gasteiger charge is -2.18. The maximum absolute atomic E-state index is 13.5. The molecule has 1 heterocycles. The quantitative estimate of drug-likeness (QED) is 0.890. The molecule has 2 unspecified atom stereocenters. The predicted molar refractivity (Wildman–Crippen MR) is 62.3 cm³/mol. The molecular formula is C11H14BrFN2. The molecule has 2 atom stereocenters. The van der Waals surface area contributed by atoms with Crippen LogP contribution >= 0.6 is 15.9 Å². The monoisotopic (exact) mass is 272 g/mol. The molecule has 0 amide bonds. The molecule has 2 nitrogen and oxygen atoms in total. The van der Waals surface area contributed by atoms with Gasteiger partial charge in [0.2, 0.25) is 0 Å². The first-order chi connectivity index (χ1) is 7.16. The molecule has 1 aliphatic rings. The molecule has 0 aliphatic heterocycles. The van der Waals surface area contributed by atoms with Crippen LogP contribution in [0.25, 0.3) is 0 Å². The van der Waals surface area contributed by atoms with Crippen molar-refractivity contribution in [1.82, 2.24) is 4.98 Å². The lowest BCUT2D eigenvalue weighted by Crippen LogP contribution is -2.23. The highest BCUT2D eigenvalue weighted by atomic mass is 79.9. The lowest BCUT2D eigenvalue weighted by atomic mass is 10.1. The Hall–Kier alpha value is -0.640. The number of anilines is 1. The van der Waals surface area contributed by atoms with Gasteiger partial charge < -0.3 is 5.32 Å². The van der Waals surface area contributed by atoms with E-state index in [9.17, 15) is 4.39 Å². The van der Waals surface area contributed by atoms with Crippen LogP contribution in [-0.4, -0.2) is 11.0 Å². The van der Waals surface area contributed by atoms with E-state index in [-0.39, 0.29) is 5.82 Å². The van der Waals surface area contributed by atoms with Gasteiger partial charge in [0.25, 0.3) is 0 Å². The third kappa shape index (κ3) is 2.48. The van der Waals surface area contributed by atoms with E-state index in [2.05, 4.69) is 33.2 Å². The molecule has 4 heteroatoms. The fraction of sp³-hybridized carbons (Fsp3) is 0.545. The number of halogens is 2. The summed E-state index contributed by atoms with van der Waals surface area (Å²) in [6.45, 7) is 2.20. The third-order valence-electron chi connectivity index (χ3n) is 2.99. The summed E-state index contributed by atoms with van der Waals surface area (Å²) in [4.78, 5) is 4.04. The Kier molecular flexibility index (Phi) is 3.24. The molecule has 0 spiro atoms. The van der Waals surface area contributed by atoms with Crippen LogP contribution in [0.4, 0.5) is 10.2 Å². The van der Waals surface area contributed by atoms with Crippen molar-refractivity contribution in [2.24, 2.45) is 5.92 Å². The van der Waals surface area contributed by atoms with Crippen LogP contribution in [0, 0.1) is 11.7 Å². The fourth-order valence-electron chi connectivity index (χ4n) is 2.06. The van der Waals surface area contributed by atoms with E-state index in [1.807, 2.05) is 0 Å². The highest BCUT2D eigenvalue weighted by Gasteiger charge is 2.24. The van der Waals surface area contributed by atoms with Gasteiger partial charge in [0.1, 0.15) is 0 Å². The van der Waals surface area contributed by atoms with Gasteiger partial charge in [-0.05, 0) is 40.8 Å². The van der Waals surface area contributed by atoms with Gasteiger partial charge in [0.05, 0.1) is 0 Å². The van der Waals surface area contributed by atoms with E-state index >= 15 is 0 Å². The standard InChI is InChI=1S/C11H14BrFN2/c1-7-3-2-4-10(7)15-11-9(13)5-8(12)6-14-11/h5-7,10H,2-4H2,1H3,(H,14,15). The smallest absolute Gasteiger partial charge is 0.166 e. The van der Waals surface area contributed by atoms with Crippen molar-refractivity contribution in [3.63, 3.8) is 0 Å². The summed E-state index contributed by atoms with van der Waals surface area (Å²) < 4.78 is 14.1. The summed E-state index contributed by atoms with van der Waals surface area (Å²) >= 11 is 3.19. The number of nitrogens with zero attached hydrogens (tertiary/aromatic N) is 1. The van der Waals surface area contributed by atoms with Crippen molar-refractivity contribution >= 4 is 21.7 Å². The second kappa shape index (κ2) is 4.47. The molecule has 0 radical (unpaired) electrons. The summed E-state index contributed by atoms with van der Waals surface area (Å²) in [7, 11) is 0. The minimum atomic E-state index is -0.288. The summed E-state index contributed by atoms with van der Waals surface area (Å²) in [5, 5.41) is 3.18. The second-order valence-electron chi connectivity index (χ2n) is 4.14. The first-order valence-electron chi connectivity index (χ1n) is 5.24. The van der Waals surface area contributed by atoms with Gasteiger partial charge in [-0.25, -0.2) is 9.37 Å². The Balaban J connectivity index is 2.10. The number of nitrogens with one attached hydrogen (secondary N) is 1. The Morgan fingerprint density at radius 2 is 2.33 bits per heavy atom. The summed E-state index contributed by atoms with van der Waals surface area (Å²) in [5.74, 6) is 0.690. The average Bonchev–Trinajstić information content (AvgIpc) is 2.57. The maximum Gasteiger partial charge on any atom is 0.166 e. The topological polar surface area (TPSA) is 24.9 Å². The molecule has 1 aromatic rings. The van der Waals surface area contributed by atoms with Crippen LogP contribution in [0.15, 0.2) is 16.7 Å². The minimum absolute atomic E-state index is 0.288. The highest BCUT2D eigenvalue weighted by molar-refractivity contribution is 9.10. The van der Waals surface area contributed by atoms with Crippen molar-refractivity contribution in [1.29, 1.82) is 0 Å². The zero-order valence-electron chi connectivity index (χ0n) is 8.63. The molecule has 1 aliphatic carbocycles. The van der Waals surface area contributed by atoms with Crippen LogP contribution in [0.1, 0.15) is 26.2 Å². The van der Waals surface area contributed by atoms with Crippen molar-refractivity contribution in [3.8, 4) is 0 Å². The van der Waals surface area contributed by atoms with E-state index in [1.165, 1.54) is 18.9 Å². The fourth-order valence-corrected chi connectivity index (χ4v) is 2.36. The van der Waals surface area contributed by atoms with Crippen molar-refractivity contribution in [3.05, 3.63) is 22.6 Å². The predicted octanol–water partition coefficient (Wildman–Crippen LogP) is 3.58. The number of aromatic nitrogens is 1. The van der Waals surface area contributed by atoms with Crippen LogP contribution < -0.4 is 5.32 Å². The average molecular weight is 273 g/mol. The largest absolute Gasteiger partial charge is 0.365 e. The molecule has 0 aromatic carbocycles. The van der Waals surface area contributed by atoms with Gasteiger partial charge >= 0.3 is 0 Å². The molecule has 0 bridgehead atoms. The van der Waals surface area contributed by atoms with Gasteiger partial charge in [-0.3, -0.25) is 0 Å². The number of rotatable bonds is 2. The van der Waals surface area contributed by atoms with Crippen molar-refractivity contribution in [2.75, 3.05) is 5.32 Å². The first-order valence-corrected chi connectivity index (χ1v) is 6.03. The SMILES string of the molecule is CC1CCCC1Nc1ncc(Br)cc1F. The van der Waals surface area contributed by atoms with Crippen LogP contribution in [0.3, 0.4) is 0 Å². The van der Waals surface area contributed by atoms with Crippen molar-refractivity contribution < 1.29 is 4.39 Å².